The number of hydrogen-bond donors (Lipinski definition) is 1. The van der Waals surface area contributed by atoms with Crippen LogP contribution in [0.2, 0.25) is 0 Å². The number of halogens is 1. The molecular weight excluding hydrogens is 259 g/mol. The van der Waals surface area contributed by atoms with Crippen LogP contribution in [0.5, 0.6) is 5.75 Å². The third-order valence-corrected chi connectivity index (χ3v) is 2.68. The van der Waals surface area contributed by atoms with Gasteiger partial charge in [-0.3, -0.25) is 4.79 Å². The van der Waals surface area contributed by atoms with E-state index in [0.29, 0.717) is 11.3 Å². The van der Waals surface area contributed by atoms with Crippen LogP contribution in [-0.4, -0.2) is 13.0 Å². The molecule has 0 aliphatic rings. The summed E-state index contributed by atoms with van der Waals surface area (Å²) >= 11 is 0. The van der Waals surface area contributed by atoms with Crippen LogP contribution in [0.4, 0.5) is 10.1 Å². The topological polar surface area (TPSA) is 62.1 Å². The molecule has 0 radical (unpaired) electrons. The van der Waals surface area contributed by atoms with Crippen LogP contribution in [0.15, 0.2) is 42.5 Å². The molecule has 0 bridgehead atoms. The van der Waals surface area contributed by atoms with Crippen molar-refractivity contribution in [3.05, 3.63) is 59.4 Å². The average Bonchev–Trinajstić information content (AvgIpc) is 2.48. The second kappa shape index (κ2) is 5.85. The van der Waals surface area contributed by atoms with Gasteiger partial charge < -0.3 is 10.1 Å². The van der Waals surface area contributed by atoms with Gasteiger partial charge in [0.15, 0.2) is 0 Å². The van der Waals surface area contributed by atoms with Crippen LogP contribution in [0.25, 0.3) is 0 Å². The number of hydrogen-bond acceptors (Lipinski definition) is 3. The van der Waals surface area contributed by atoms with Crippen LogP contribution in [0.3, 0.4) is 0 Å². The first-order chi connectivity index (χ1) is 9.63. The Bertz CT molecular complexity index is 675. The Morgan fingerprint density at radius 1 is 1.25 bits per heavy atom. The molecule has 0 unspecified atom stereocenters. The number of nitriles is 1. The fourth-order valence-electron chi connectivity index (χ4n) is 1.68. The summed E-state index contributed by atoms with van der Waals surface area (Å²) in [5.41, 5.74) is 1.11. The van der Waals surface area contributed by atoms with Gasteiger partial charge in [-0.25, -0.2) is 4.39 Å². The molecule has 0 heterocycles. The summed E-state index contributed by atoms with van der Waals surface area (Å²) in [4.78, 5) is 12.1. The van der Waals surface area contributed by atoms with Crippen LogP contribution in [-0.2, 0) is 0 Å². The van der Waals surface area contributed by atoms with E-state index in [1.165, 1.54) is 19.2 Å². The van der Waals surface area contributed by atoms with E-state index < -0.39 is 11.7 Å². The van der Waals surface area contributed by atoms with Crippen molar-refractivity contribution >= 4 is 11.6 Å². The standard InChI is InChI=1S/C15H11FN2O2/c1-20-14-7-4-11(16)8-13(14)15(19)18-12-5-2-10(9-17)3-6-12/h2-8H,1H3,(H,18,19). The van der Waals surface area contributed by atoms with E-state index in [0.717, 1.165) is 6.07 Å². The number of anilines is 1. The van der Waals surface area contributed by atoms with Gasteiger partial charge in [-0.2, -0.15) is 5.26 Å². The third-order valence-electron chi connectivity index (χ3n) is 2.68. The number of methoxy groups -OCH3 is 1. The van der Waals surface area contributed by atoms with E-state index in [2.05, 4.69) is 5.32 Å². The van der Waals surface area contributed by atoms with E-state index in [1.54, 1.807) is 24.3 Å². The van der Waals surface area contributed by atoms with Crippen LogP contribution >= 0.6 is 0 Å². The van der Waals surface area contributed by atoms with Gasteiger partial charge in [0.25, 0.3) is 5.91 Å². The molecule has 0 saturated carbocycles. The van der Waals surface area contributed by atoms with E-state index in [-0.39, 0.29) is 11.3 Å². The summed E-state index contributed by atoms with van der Waals surface area (Å²) in [6, 6.07) is 12.1. The number of carbonyl (C=O) groups excluding carboxylic acids is 1. The highest BCUT2D eigenvalue weighted by atomic mass is 19.1. The molecular formula is C15H11FN2O2. The first kappa shape index (κ1) is 13.6. The first-order valence-electron chi connectivity index (χ1n) is 5.79. The van der Waals surface area contributed by atoms with Gasteiger partial charge in [0, 0.05) is 5.69 Å². The lowest BCUT2D eigenvalue weighted by atomic mass is 10.1. The van der Waals surface area contributed by atoms with Crippen molar-refractivity contribution < 1.29 is 13.9 Å². The Kier molecular flexibility index (Phi) is 3.96. The van der Waals surface area contributed by atoms with Crippen molar-refractivity contribution in [3.8, 4) is 11.8 Å². The molecule has 0 saturated heterocycles. The molecule has 2 aromatic rings. The Hall–Kier alpha value is -2.87. The number of benzene rings is 2. The minimum atomic E-state index is -0.518. The predicted octanol–water partition coefficient (Wildman–Crippen LogP) is 2.96. The fourth-order valence-corrected chi connectivity index (χ4v) is 1.68. The second-order valence-corrected chi connectivity index (χ2v) is 3.99. The number of nitrogens with zero attached hydrogens (tertiary/aromatic N) is 1. The molecule has 0 spiro atoms. The number of rotatable bonds is 3. The van der Waals surface area contributed by atoms with E-state index >= 15 is 0 Å². The molecule has 4 nitrogen and oxygen atoms in total. The zero-order chi connectivity index (χ0) is 14.5. The van der Waals surface area contributed by atoms with Gasteiger partial charge in [-0.1, -0.05) is 0 Å². The van der Waals surface area contributed by atoms with Gasteiger partial charge in [0.1, 0.15) is 11.6 Å². The Morgan fingerprint density at radius 3 is 2.55 bits per heavy atom. The van der Waals surface area contributed by atoms with Gasteiger partial charge in [0.05, 0.1) is 24.3 Å². The summed E-state index contributed by atoms with van der Waals surface area (Å²) in [7, 11) is 1.41. The van der Waals surface area contributed by atoms with Crippen LogP contribution < -0.4 is 10.1 Å². The Morgan fingerprint density at radius 2 is 1.95 bits per heavy atom. The van der Waals surface area contributed by atoms with Gasteiger partial charge in [0.2, 0.25) is 0 Å². The number of ether oxygens (including phenoxy) is 1. The zero-order valence-electron chi connectivity index (χ0n) is 10.7. The molecule has 1 N–H and O–H groups in total. The maximum Gasteiger partial charge on any atom is 0.259 e. The molecule has 1 amide bonds. The lowest BCUT2D eigenvalue weighted by Gasteiger charge is -2.09. The van der Waals surface area contributed by atoms with Crippen molar-refractivity contribution in [3.63, 3.8) is 0 Å². The molecule has 0 fully saturated rings. The van der Waals surface area contributed by atoms with E-state index in [9.17, 15) is 9.18 Å². The normalized spacial score (nSPS) is 9.65. The highest BCUT2D eigenvalue weighted by molar-refractivity contribution is 6.06. The predicted molar refractivity (Wildman–Crippen MR) is 72.1 cm³/mol. The van der Waals surface area contributed by atoms with E-state index in [4.69, 9.17) is 10.00 Å². The van der Waals surface area contributed by atoms with Gasteiger partial charge >= 0.3 is 0 Å². The van der Waals surface area contributed by atoms with Gasteiger partial charge in [-0.15, -0.1) is 0 Å². The molecule has 0 aromatic heterocycles. The number of carbonyl (C=O) groups is 1. The van der Waals surface area contributed by atoms with Crippen molar-refractivity contribution in [2.75, 3.05) is 12.4 Å². The second-order valence-electron chi connectivity index (χ2n) is 3.99. The van der Waals surface area contributed by atoms with Crippen LogP contribution in [0, 0.1) is 17.1 Å². The summed E-state index contributed by atoms with van der Waals surface area (Å²) in [5.74, 6) is -0.709. The van der Waals surface area contributed by atoms with Gasteiger partial charge in [-0.05, 0) is 42.5 Å². The summed E-state index contributed by atoms with van der Waals surface area (Å²) < 4.78 is 18.2. The molecule has 5 heteroatoms. The number of nitrogens with one attached hydrogen (secondary N) is 1. The SMILES string of the molecule is COc1ccc(F)cc1C(=O)Nc1ccc(C#N)cc1. The quantitative estimate of drug-likeness (QED) is 0.932. The van der Waals surface area contributed by atoms with Crippen molar-refractivity contribution in [2.45, 2.75) is 0 Å². The summed E-state index contributed by atoms with van der Waals surface area (Å²) in [6.07, 6.45) is 0. The monoisotopic (exact) mass is 270 g/mol. The molecule has 20 heavy (non-hydrogen) atoms. The summed E-state index contributed by atoms with van der Waals surface area (Å²) in [5, 5.41) is 11.3. The number of amides is 1. The molecule has 0 atom stereocenters. The van der Waals surface area contributed by atoms with Crippen molar-refractivity contribution in [2.24, 2.45) is 0 Å². The Labute approximate surface area is 115 Å². The zero-order valence-corrected chi connectivity index (χ0v) is 10.7. The molecule has 0 aliphatic heterocycles. The minimum Gasteiger partial charge on any atom is -0.496 e. The van der Waals surface area contributed by atoms with Crippen molar-refractivity contribution in [1.82, 2.24) is 0 Å². The lowest BCUT2D eigenvalue weighted by molar-refractivity contribution is 0.102. The molecule has 0 aliphatic carbocycles. The molecule has 100 valence electrons. The smallest absolute Gasteiger partial charge is 0.259 e. The summed E-state index contributed by atoms with van der Waals surface area (Å²) in [6.45, 7) is 0. The lowest BCUT2D eigenvalue weighted by Crippen LogP contribution is -2.13. The molecule has 2 aromatic carbocycles. The maximum atomic E-state index is 13.2. The average molecular weight is 270 g/mol. The maximum absolute atomic E-state index is 13.2. The third kappa shape index (κ3) is 2.93. The van der Waals surface area contributed by atoms with Crippen molar-refractivity contribution in [1.29, 1.82) is 5.26 Å². The van der Waals surface area contributed by atoms with Crippen LogP contribution in [0.1, 0.15) is 15.9 Å². The largest absolute Gasteiger partial charge is 0.496 e. The molecule has 2 rings (SSSR count). The highest BCUT2D eigenvalue weighted by Crippen LogP contribution is 2.21. The van der Waals surface area contributed by atoms with E-state index in [1.807, 2.05) is 6.07 Å². The Balaban J connectivity index is 2.23. The minimum absolute atomic E-state index is 0.108. The first-order valence-corrected chi connectivity index (χ1v) is 5.79. The highest BCUT2D eigenvalue weighted by Gasteiger charge is 2.13. The fraction of sp³-hybridized carbons (Fsp3) is 0.0667.